The Morgan fingerprint density at radius 1 is 1.41 bits per heavy atom. The van der Waals surface area contributed by atoms with E-state index in [2.05, 4.69) is 19.2 Å². The van der Waals surface area contributed by atoms with Gasteiger partial charge >= 0.3 is 0 Å². The van der Waals surface area contributed by atoms with Gasteiger partial charge in [-0.05, 0) is 36.6 Å². The van der Waals surface area contributed by atoms with Crippen LogP contribution < -0.4 is 10.1 Å². The van der Waals surface area contributed by atoms with Gasteiger partial charge in [-0.15, -0.1) is 0 Å². The molecule has 1 N–H and O–H groups in total. The number of Topliss-reactive ketones (excluding diaryl/α,β-unsaturated/α-hetero) is 1. The molecule has 0 aliphatic heterocycles. The van der Waals surface area contributed by atoms with Gasteiger partial charge in [0.2, 0.25) is 0 Å². The molecule has 1 atom stereocenters. The zero-order valence-electron chi connectivity index (χ0n) is 10.6. The Hall–Kier alpha value is -1.35. The van der Waals surface area contributed by atoms with Gasteiger partial charge in [0, 0.05) is 11.6 Å². The normalized spacial score (nSPS) is 19.3. The first-order valence-electron chi connectivity index (χ1n) is 6.09. The lowest BCUT2D eigenvalue weighted by Crippen LogP contribution is -2.43. The van der Waals surface area contributed by atoms with Gasteiger partial charge in [0.25, 0.3) is 0 Å². The first-order chi connectivity index (χ1) is 8.11. The lowest BCUT2D eigenvalue weighted by Gasteiger charge is -2.26. The molecule has 1 unspecified atom stereocenters. The molecule has 92 valence electrons. The number of carbonyl (C=O) groups is 1. The van der Waals surface area contributed by atoms with E-state index < -0.39 is 0 Å². The lowest BCUT2D eigenvalue weighted by atomic mass is 9.86. The Kier molecular flexibility index (Phi) is 3.48. The van der Waals surface area contributed by atoms with E-state index >= 15 is 0 Å². The third-order valence-electron chi connectivity index (χ3n) is 3.13. The van der Waals surface area contributed by atoms with Crippen molar-refractivity contribution in [1.29, 1.82) is 0 Å². The van der Waals surface area contributed by atoms with Gasteiger partial charge < -0.3 is 10.1 Å². The summed E-state index contributed by atoms with van der Waals surface area (Å²) in [4.78, 5) is 12.2. The van der Waals surface area contributed by atoms with Crippen LogP contribution in [0.25, 0.3) is 0 Å². The molecule has 1 aliphatic carbocycles. The van der Waals surface area contributed by atoms with Crippen LogP contribution in [0.2, 0.25) is 0 Å². The SMILES string of the molecule is COc1ccc2c(c1)CCC(NC(C)C)C2=O. The summed E-state index contributed by atoms with van der Waals surface area (Å²) in [6.07, 6.45) is 1.81. The molecule has 17 heavy (non-hydrogen) atoms. The van der Waals surface area contributed by atoms with Crippen molar-refractivity contribution < 1.29 is 9.53 Å². The number of hydrogen-bond donors (Lipinski definition) is 1. The van der Waals surface area contributed by atoms with Gasteiger partial charge in [0.15, 0.2) is 5.78 Å². The van der Waals surface area contributed by atoms with E-state index in [1.807, 2.05) is 18.2 Å². The van der Waals surface area contributed by atoms with E-state index in [1.165, 1.54) is 0 Å². The monoisotopic (exact) mass is 233 g/mol. The highest BCUT2D eigenvalue weighted by molar-refractivity contribution is 6.02. The smallest absolute Gasteiger partial charge is 0.180 e. The number of hydrogen-bond acceptors (Lipinski definition) is 3. The van der Waals surface area contributed by atoms with Gasteiger partial charge in [-0.3, -0.25) is 4.79 Å². The van der Waals surface area contributed by atoms with Crippen LogP contribution in [-0.2, 0) is 6.42 Å². The standard InChI is InChI=1S/C14H19NO2/c1-9(2)15-13-7-4-10-8-11(17-3)5-6-12(10)14(13)16/h5-6,8-9,13,15H,4,7H2,1-3H3. The lowest BCUT2D eigenvalue weighted by molar-refractivity contribution is 0.0922. The van der Waals surface area contributed by atoms with E-state index in [0.29, 0.717) is 6.04 Å². The Balaban J connectivity index is 2.24. The van der Waals surface area contributed by atoms with E-state index in [0.717, 1.165) is 29.7 Å². The molecule has 0 amide bonds. The molecule has 0 spiro atoms. The Bertz CT molecular complexity index is 426. The van der Waals surface area contributed by atoms with Crippen molar-refractivity contribution in [2.75, 3.05) is 7.11 Å². The molecular formula is C14H19NO2. The summed E-state index contributed by atoms with van der Waals surface area (Å²) in [7, 11) is 1.65. The summed E-state index contributed by atoms with van der Waals surface area (Å²) < 4.78 is 5.18. The largest absolute Gasteiger partial charge is 0.497 e. The van der Waals surface area contributed by atoms with Crippen molar-refractivity contribution in [3.8, 4) is 5.75 Å². The molecule has 1 aromatic rings. The molecule has 2 rings (SSSR count). The maximum Gasteiger partial charge on any atom is 0.180 e. The van der Waals surface area contributed by atoms with Crippen LogP contribution in [0.15, 0.2) is 18.2 Å². The number of methoxy groups -OCH3 is 1. The van der Waals surface area contributed by atoms with Gasteiger partial charge in [0.05, 0.1) is 13.2 Å². The number of nitrogens with one attached hydrogen (secondary N) is 1. The minimum Gasteiger partial charge on any atom is -0.497 e. The van der Waals surface area contributed by atoms with Gasteiger partial charge in [0.1, 0.15) is 5.75 Å². The molecule has 0 radical (unpaired) electrons. The van der Waals surface area contributed by atoms with Crippen LogP contribution in [0.1, 0.15) is 36.2 Å². The average Bonchev–Trinajstić information content (AvgIpc) is 2.32. The summed E-state index contributed by atoms with van der Waals surface area (Å²) in [5.74, 6) is 1.04. The second-order valence-electron chi connectivity index (χ2n) is 4.80. The molecule has 1 aromatic carbocycles. The number of aryl methyl sites for hydroxylation is 1. The number of ether oxygens (including phenoxy) is 1. The second-order valence-corrected chi connectivity index (χ2v) is 4.80. The molecule has 0 fully saturated rings. The summed E-state index contributed by atoms with van der Waals surface area (Å²) in [6.45, 7) is 4.13. The number of rotatable bonds is 3. The predicted octanol–water partition coefficient (Wildman–Crippen LogP) is 2.19. The van der Waals surface area contributed by atoms with Crippen LogP contribution in [0.3, 0.4) is 0 Å². The average molecular weight is 233 g/mol. The van der Waals surface area contributed by atoms with E-state index in [-0.39, 0.29) is 11.8 Å². The summed E-state index contributed by atoms with van der Waals surface area (Å²) in [5, 5.41) is 3.32. The molecule has 0 heterocycles. The second kappa shape index (κ2) is 4.88. The number of carbonyl (C=O) groups excluding carboxylic acids is 1. The van der Waals surface area contributed by atoms with Crippen molar-refractivity contribution >= 4 is 5.78 Å². The van der Waals surface area contributed by atoms with Gasteiger partial charge in [-0.25, -0.2) is 0 Å². The van der Waals surface area contributed by atoms with Crippen LogP contribution >= 0.6 is 0 Å². The fourth-order valence-electron chi connectivity index (χ4n) is 2.32. The Morgan fingerprint density at radius 3 is 2.82 bits per heavy atom. The number of fused-ring (bicyclic) bond motifs is 1. The molecule has 3 nitrogen and oxygen atoms in total. The first-order valence-corrected chi connectivity index (χ1v) is 6.09. The molecule has 0 aromatic heterocycles. The topological polar surface area (TPSA) is 38.3 Å². The van der Waals surface area contributed by atoms with Crippen molar-refractivity contribution in [2.45, 2.75) is 38.8 Å². The van der Waals surface area contributed by atoms with E-state index in [9.17, 15) is 4.79 Å². The summed E-state index contributed by atoms with van der Waals surface area (Å²) >= 11 is 0. The maximum atomic E-state index is 12.2. The maximum absolute atomic E-state index is 12.2. The molecule has 1 aliphatic rings. The number of benzene rings is 1. The summed E-state index contributed by atoms with van der Waals surface area (Å²) in [6, 6.07) is 6.01. The molecule has 3 heteroatoms. The minimum atomic E-state index is -0.0316. The van der Waals surface area contributed by atoms with Gasteiger partial charge in [-0.2, -0.15) is 0 Å². The van der Waals surface area contributed by atoms with Crippen LogP contribution in [-0.4, -0.2) is 25.0 Å². The molecule has 0 saturated carbocycles. The molecule has 0 saturated heterocycles. The predicted molar refractivity (Wildman–Crippen MR) is 67.7 cm³/mol. The van der Waals surface area contributed by atoms with E-state index in [1.54, 1.807) is 7.11 Å². The first kappa shape index (κ1) is 12.1. The quantitative estimate of drug-likeness (QED) is 0.869. The highest BCUT2D eigenvalue weighted by atomic mass is 16.5. The van der Waals surface area contributed by atoms with Crippen molar-refractivity contribution in [3.63, 3.8) is 0 Å². The van der Waals surface area contributed by atoms with Crippen molar-refractivity contribution in [1.82, 2.24) is 5.32 Å². The zero-order valence-corrected chi connectivity index (χ0v) is 10.6. The van der Waals surface area contributed by atoms with Crippen LogP contribution in [0, 0.1) is 0 Å². The van der Waals surface area contributed by atoms with Crippen LogP contribution in [0.5, 0.6) is 5.75 Å². The summed E-state index contributed by atoms with van der Waals surface area (Å²) in [5.41, 5.74) is 1.95. The zero-order chi connectivity index (χ0) is 12.4. The van der Waals surface area contributed by atoms with E-state index in [4.69, 9.17) is 4.74 Å². The third-order valence-corrected chi connectivity index (χ3v) is 3.13. The highest BCUT2D eigenvalue weighted by Crippen LogP contribution is 2.25. The Labute approximate surface area is 102 Å². The van der Waals surface area contributed by atoms with Gasteiger partial charge in [-0.1, -0.05) is 13.8 Å². The van der Waals surface area contributed by atoms with Crippen molar-refractivity contribution in [3.05, 3.63) is 29.3 Å². The van der Waals surface area contributed by atoms with Crippen molar-refractivity contribution in [2.24, 2.45) is 0 Å². The fourth-order valence-corrected chi connectivity index (χ4v) is 2.32. The molecule has 0 bridgehead atoms. The number of ketones is 1. The highest BCUT2D eigenvalue weighted by Gasteiger charge is 2.27. The minimum absolute atomic E-state index is 0.0316. The molecular weight excluding hydrogens is 214 g/mol. The Morgan fingerprint density at radius 2 is 2.18 bits per heavy atom. The third kappa shape index (κ3) is 2.50. The van der Waals surface area contributed by atoms with Crippen LogP contribution in [0.4, 0.5) is 0 Å². The fraction of sp³-hybridized carbons (Fsp3) is 0.500.